The van der Waals surface area contributed by atoms with Crippen molar-refractivity contribution in [2.24, 2.45) is 11.8 Å². The lowest BCUT2D eigenvalue weighted by Crippen LogP contribution is -2.41. The molecule has 2 fully saturated rings. The predicted octanol–water partition coefficient (Wildman–Crippen LogP) is 1.86. The maximum atomic E-state index is 12.1. The molecular formula is C13H27ClN2O2S. The van der Waals surface area contributed by atoms with Gasteiger partial charge in [0.1, 0.15) is 0 Å². The molecule has 0 bridgehead atoms. The zero-order valence-electron chi connectivity index (χ0n) is 11.8. The summed E-state index contributed by atoms with van der Waals surface area (Å²) in [5.74, 6) is 1.72. The van der Waals surface area contributed by atoms with Crippen molar-refractivity contribution < 1.29 is 8.42 Å². The Kier molecular flexibility index (Phi) is 7.08. The molecule has 1 heterocycles. The van der Waals surface area contributed by atoms with Crippen LogP contribution >= 0.6 is 12.4 Å². The fraction of sp³-hybridized carbons (Fsp3) is 1.00. The SMILES string of the molecule is CCNCC1CCN(S(=O)(=O)CCC2CC2)CC1.Cl. The van der Waals surface area contributed by atoms with E-state index in [9.17, 15) is 8.42 Å². The summed E-state index contributed by atoms with van der Waals surface area (Å²) in [7, 11) is -2.97. The predicted molar refractivity (Wildman–Crippen MR) is 81.2 cm³/mol. The maximum Gasteiger partial charge on any atom is 0.214 e. The van der Waals surface area contributed by atoms with Gasteiger partial charge in [0.15, 0.2) is 0 Å². The molecule has 1 N–H and O–H groups in total. The first-order valence-electron chi connectivity index (χ1n) is 7.30. The lowest BCUT2D eigenvalue weighted by Gasteiger charge is -2.31. The van der Waals surface area contributed by atoms with Crippen LogP contribution in [0.5, 0.6) is 0 Å². The Hall–Kier alpha value is 0.160. The molecule has 2 aliphatic rings. The smallest absolute Gasteiger partial charge is 0.214 e. The molecule has 0 spiro atoms. The molecule has 0 aromatic heterocycles. The van der Waals surface area contributed by atoms with Crippen LogP contribution in [0.2, 0.25) is 0 Å². The third-order valence-corrected chi connectivity index (χ3v) is 6.03. The Morgan fingerprint density at radius 2 is 1.74 bits per heavy atom. The second-order valence-electron chi connectivity index (χ2n) is 5.70. The van der Waals surface area contributed by atoms with E-state index in [4.69, 9.17) is 0 Å². The van der Waals surface area contributed by atoms with E-state index < -0.39 is 10.0 Å². The molecule has 1 saturated carbocycles. The largest absolute Gasteiger partial charge is 0.317 e. The standard InChI is InChI=1S/C13H26N2O2S.ClH/c1-2-14-11-13-5-8-15(9-6-13)18(16,17)10-7-12-3-4-12;/h12-14H,2-11H2,1H3;1H. The Labute approximate surface area is 123 Å². The summed E-state index contributed by atoms with van der Waals surface area (Å²) in [5, 5.41) is 3.35. The average molecular weight is 311 g/mol. The van der Waals surface area contributed by atoms with Gasteiger partial charge < -0.3 is 5.32 Å². The number of rotatable bonds is 7. The molecule has 2 rings (SSSR count). The summed E-state index contributed by atoms with van der Waals surface area (Å²) in [6.07, 6.45) is 5.37. The van der Waals surface area contributed by atoms with Crippen LogP contribution in [0.25, 0.3) is 0 Å². The van der Waals surface area contributed by atoms with Crippen molar-refractivity contribution in [3.63, 3.8) is 0 Å². The molecule has 0 amide bonds. The number of hydrogen-bond donors (Lipinski definition) is 1. The summed E-state index contributed by atoms with van der Waals surface area (Å²) in [6.45, 7) is 5.59. The van der Waals surface area contributed by atoms with Crippen molar-refractivity contribution >= 4 is 22.4 Å². The highest BCUT2D eigenvalue weighted by molar-refractivity contribution is 7.89. The highest BCUT2D eigenvalue weighted by Gasteiger charge is 2.30. The molecule has 1 aliphatic heterocycles. The number of nitrogens with zero attached hydrogens (tertiary/aromatic N) is 1. The van der Waals surface area contributed by atoms with Gasteiger partial charge in [0.05, 0.1) is 5.75 Å². The van der Waals surface area contributed by atoms with Crippen LogP contribution < -0.4 is 5.32 Å². The highest BCUT2D eigenvalue weighted by atomic mass is 35.5. The van der Waals surface area contributed by atoms with Gasteiger partial charge in [-0.05, 0) is 44.2 Å². The second-order valence-corrected chi connectivity index (χ2v) is 7.79. The van der Waals surface area contributed by atoms with Gasteiger partial charge in [-0.15, -0.1) is 12.4 Å². The number of sulfonamides is 1. The van der Waals surface area contributed by atoms with Gasteiger partial charge in [0, 0.05) is 13.1 Å². The third-order valence-electron chi connectivity index (χ3n) is 4.13. The van der Waals surface area contributed by atoms with Crippen LogP contribution in [0.15, 0.2) is 0 Å². The molecule has 4 nitrogen and oxygen atoms in total. The van der Waals surface area contributed by atoms with Crippen LogP contribution in [0.3, 0.4) is 0 Å². The van der Waals surface area contributed by atoms with Gasteiger partial charge in [-0.3, -0.25) is 0 Å². The van der Waals surface area contributed by atoms with E-state index in [-0.39, 0.29) is 12.4 Å². The van der Waals surface area contributed by atoms with Crippen molar-refractivity contribution in [1.82, 2.24) is 9.62 Å². The highest BCUT2D eigenvalue weighted by Crippen LogP contribution is 2.33. The molecular weight excluding hydrogens is 284 g/mol. The van der Waals surface area contributed by atoms with Gasteiger partial charge >= 0.3 is 0 Å². The van der Waals surface area contributed by atoms with Crippen molar-refractivity contribution in [3.05, 3.63) is 0 Å². The summed E-state index contributed by atoms with van der Waals surface area (Å²) in [5.41, 5.74) is 0. The van der Waals surface area contributed by atoms with Crippen molar-refractivity contribution in [2.75, 3.05) is 31.9 Å². The Morgan fingerprint density at radius 1 is 1.11 bits per heavy atom. The third kappa shape index (κ3) is 5.58. The normalized spacial score (nSPS) is 22.2. The van der Waals surface area contributed by atoms with Crippen molar-refractivity contribution in [3.8, 4) is 0 Å². The quantitative estimate of drug-likeness (QED) is 0.781. The zero-order valence-corrected chi connectivity index (χ0v) is 13.4. The first-order chi connectivity index (χ1) is 8.62. The van der Waals surface area contributed by atoms with Gasteiger partial charge in [0.25, 0.3) is 0 Å². The maximum absolute atomic E-state index is 12.1. The molecule has 1 saturated heterocycles. The average Bonchev–Trinajstić information content (AvgIpc) is 3.19. The summed E-state index contributed by atoms with van der Waals surface area (Å²) in [6, 6.07) is 0. The summed E-state index contributed by atoms with van der Waals surface area (Å²) < 4.78 is 26.0. The monoisotopic (exact) mass is 310 g/mol. The molecule has 1 aliphatic carbocycles. The first-order valence-corrected chi connectivity index (χ1v) is 8.91. The van der Waals surface area contributed by atoms with E-state index in [0.717, 1.165) is 45.4 Å². The van der Waals surface area contributed by atoms with Crippen molar-refractivity contribution in [1.29, 1.82) is 0 Å². The number of nitrogens with one attached hydrogen (secondary N) is 1. The fourth-order valence-corrected chi connectivity index (χ4v) is 4.25. The first kappa shape index (κ1) is 17.2. The molecule has 0 unspecified atom stereocenters. The lowest BCUT2D eigenvalue weighted by atomic mass is 9.98. The molecule has 0 atom stereocenters. The Bertz CT molecular complexity index is 350. The van der Waals surface area contributed by atoms with Crippen LogP contribution in [0.1, 0.15) is 39.0 Å². The van der Waals surface area contributed by atoms with Crippen molar-refractivity contribution in [2.45, 2.75) is 39.0 Å². The van der Waals surface area contributed by atoms with E-state index in [2.05, 4.69) is 12.2 Å². The molecule has 19 heavy (non-hydrogen) atoms. The van der Waals surface area contributed by atoms with Gasteiger partial charge in [-0.25, -0.2) is 12.7 Å². The Balaban J connectivity index is 0.00000180. The van der Waals surface area contributed by atoms with E-state index in [0.29, 0.717) is 17.6 Å². The number of halogens is 1. The van der Waals surface area contributed by atoms with Gasteiger partial charge in [-0.2, -0.15) is 0 Å². The lowest BCUT2D eigenvalue weighted by molar-refractivity contribution is 0.268. The van der Waals surface area contributed by atoms with Gasteiger partial charge in [-0.1, -0.05) is 19.8 Å². The number of hydrogen-bond acceptors (Lipinski definition) is 3. The minimum atomic E-state index is -2.97. The summed E-state index contributed by atoms with van der Waals surface area (Å²) in [4.78, 5) is 0. The Morgan fingerprint density at radius 3 is 2.26 bits per heavy atom. The molecule has 0 aromatic rings. The zero-order chi connectivity index (χ0) is 13.0. The summed E-state index contributed by atoms with van der Waals surface area (Å²) >= 11 is 0. The minimum absolute atomic E-state index is 0. The van der Waals surface area contributed by atoms with E-state index in [1.54, 1.807) is 4.31 Å². The van der Waals surface area contributed by atoms with Gasteiger partial charge in [0.2, 0.25) is 10.0 Å². The van der Waals surface area contributed by atoms with E-state index in [1.165, 1.54) is 12.8 Å². The second kappa shape index (κ2) is 7.81. The molecule has 0 aromatic carbocycles. The van der Waals surface area contributed by atoms with Crippen LogP contribution in [0, 0.1) is 11.8 Å². The van der Waals surface area contributed by atoms with Crippen LogP contribution in [0.4, 0.5) is 0 Å². The molecule has 0 radical (unpaired) electrons. The minimum Gasteiger partial charge on any atom is -0.317 e. The van der Waals surface area contributed by atoms with Crippen LogP contribution in [-0.2, 0) is 10.0 Å². The molecule has 114 valence electrons. The fourth-order valence-electron chi connectivity index (χ4n) is 2.59. The molecule has 6 heteroatoms. The van der Waals surface area contributed by atoms with Crippen LogP contribution in [-0.4, -0.2) is 44.7 Å². The number of piperidine rings is 1. The topological polar surface area (TPSA) is 49.4 Å². The van der Waals surface area contributed by atoms with E-state index in [1.807, 2.05) is 0 Å². The van der Waals surface area contributed by atoms with E-state index >= 15 is 0 Å².